The number of aliphatic imine (C=N–C) groups is 1. The molecule has 0 atom stereocenters. The Hall–Kier alpha value is -2.39. The van der Waals surface area contributed by atoms with Crippen LogP contribution < -0.4 is 5.56 Å². The van der Waals surface area contributed by atoms with Crippen molar-refractivity contribution in [3.8, 4) is 5.69 Å². The zero-order valence-corrected chi connectivity index (χ0v) is 16.4. The van der Waals surface area contributed by atoms with Crippen LogP contribution in [0.1, 0.15) is 21.6 Å². The Labute approximate surface area is 167 Å². The molecule has 3 rings (SSSR count). The Morgan fingerprint density at radius 2 is 1.96 bits per heavy atom. The number of rotatable bonds is 4. The summed E-state index contributed by atoms with van der Waals surface area (Å²) in [4.78, 5) is 28.0. The lowest BCUT2D eigenvalue weighted by atomic mass is 10.2. The van der Waals surface area contributed by atoms with Gasteiger partial charge in [0.25, 0.3) is 5.56 Å². The fraction of sp³-hybridized carbons (Fsp3) is 0.0556. The summed E-state index contributed by atoms with van der Waals surface area (Å²) in [5.41, 5.74) is 1.90. The molecule has 26 heavy (non-hydrogen) atoms. The second-order valence-corrected chi connectivity index (χ2v) is 7.15. The van der Waals surface area contributed by atoms with Crippen molar-refractivity contribution in [3.63, 3.8) is 0 Å². The van der Waals surface area contributed by atoms with Gasteiger partial charge in [0.2, 0.25) is 0 Å². The third-order valence-electron chi connectivity index (χ3n) is 3.72. The summed E-state index contributed by atoms with van der Waals surface area (Å²) in [5, 5.41) is 12.3. The summed E-state index contributed by atoms with van der Waals surface area (Å²) in [7, 11) is 0. The number of aromatic amines is 1. The van der Waals surface area contributed by atoms with E-state index >= 15 is 0 Å². The molecule has 8 heteroatoms. The first-order valence-corrected chi connectivity index (χ1v) is 8.97. The molecule has 0 amide bonds. The summed E-state index contributed by atoms with van der Waals surface area (Å²) in [5.74, 6) is -1.13. The molecule has 0 aliphatic rings. The topological polar surface area (TPSA) is 87.5 Å². The monoisotopic (exact) mass is 481 g/mol. The molecule has 2 N–H and O–H groups in total. The van der Waals surface area contributed by atoms with Gasteiger partial charge in [-0.25, -0.2) is 9.48 Å². The summed E-state index contributed by atoms with van der Waals surface area (Å²) < 4.78 is 2.51. The first-order chi connectivity index (χ1) is 12.4. The minimum absolute atomic E-state index is 0.0385. The number of halogens is 2. The van der Waals surface area contributed by atoms with Crippen LogP contribution in [0.2, 0.25) is 5.02 Å². The summed E-state index contributed by atoms with van der Waals surface area (Å²) in [6, 6.07) is 11.9. The number of carboxylic acid groups (broad SMARTS) is 1. The van der Waals surface area contributed by atoms with Crippen molar-refractivity contribution >= 4 is 52.1 Å². The highest BCUT2D eigenvalue weighted by molar-refractivity contribution is 14.1. The Morgan fingerprint density at radius 3 is 2.62 bits per heavy atom. The maximum absolute atomic E-state index is 12.6. The minimum Gasteiger partial charge on any atom is -0.478 e. The Bertz CT molecular complexity index is 1070. The normalized spacial score (nSPS) is 11.2. The van der Waals surface area contributed by atoms with Crippen LogP contribution in [0.25, 0.3) is 5.69 Å². The zero-order chi connectivity index (χ0) is 18.8. The van der Waals surface area contributed by atoms with E-state index in [0.29, 0.717) is 16.9 Å². The van der Waals surface area contributed by atoms with E-state index < -0.39 is 5.97 Å². The number of hydrogen-bond donors (Lipinski definition) is 2. The van der Waals surface area contributed by atoms with Gasteiger partial charge in [0, 0.05) is 15.5 Å². The van der Waals surface area contributed by atoms with Crippen molar-refractivity contribution in [2.24, 2.45) is 4.99 Å². The Balaban J connectivity index is 1.97. The number of hydrogen-bond acceptors (Lipinski definition) is 3. The molecule has 0 saturated carbocycles. The van der Waals surface area contributed by atoms with Crippen LogP contribution in [-0.2, 0) is 0 Å². The molecule has 132 valence electrons. The second-order valence-electron chi connectivity index (χ2n) is 5.49. The number of carbonyl (C=O) groups is 1. The van der Waals surface area contributed by atoms with Crippen LogP contribution in [0.4, 0.5) is 5.69 Å². The summed E-state index contributed by atoms with van der Waals surface area (Å²) in [6.07, 6.45) is 1.42. The molecule has 1 aromatic heterocycles. The van der Waals surface area contributed by atoms with Crippen LogP contribution in [0, 0.1) is 10.5 Å². The van der Waals surface area contributed by atoms with Gasteiger partial charge in [-0.15, -0.1) is 0 Å². The lowest BCUT2D eigenvalue weighted by molar-refractivity contribution is 0.0697. The average molecular weight is 482 g/mol. The van der Waals surface area contributed by atoms with Crippen LogP contribution >= 0.6 is 34.2 Å². The second kappa shape index (κ2) is 7.46. The Kier molecular flexibility index (Phi) is 5.28. The highest BCUT2D eigenvalue weighted by Crippen LogP contribution is 2.22. The number of carboxylic acids is 1. The molecule has 3 aromatic rings. The molecule has 1 heterocycles. The fourth-order valence-electron chi connectivity index (χ4n) is 2.38. The predicted octanol–water partition coefficient (Wildman–Crippen LogP) is 4.18. The van der Waals surface area contributed by atoms with Gasteiger partial charge in [0.15, 0.2) is 0 Å². The van der Waals surface area contributed by atoms with Crippen LogP contribution in [0.3, 0.4) is 0 Å². The smallest absolute Gasteiger partial charge is 0.337 e. The van der Waals surface area contributed by atoms with E-state index in [4.69, 9.17) is 16.7 Å². The third kappa shape index (κ3) is 3.73. The van der Waals surface area contributed by atoms with Gasteiger partial charge in [0.05, 0.1) is 27.5 Å². The van der Waals surface area contributed by atoms with E-state index in [2.05, 4.69) is 32.7 Å². The number of aromatic nitrogens is 2. The first kappa shape index (κ1) is 18.4. The number of nitrogens with zero attached hydrogens (tertiary/aromatic N) is 2. The number of H-pyrrole nitrogens is 1. The van der Waals surface area contributed by atoms with E-state index in [1.165, 1.54) is 23.0 Å². The van der Waals surface area contributed by atoms with E-state index in [1.54, 1.807) is 13.0 Å². The van der Waals surface area contributed by atoms with Crippen molar-refractivity contribution in [2.45, 2.75) is 6.92 Å². The zero-order valence-electron chi connectivity index (χ0n) is 13.5. The molecule has 0 aliphatic carbocycles. The number of benzene rings is 2. The maximum Gasteiger partial charge on any atom is 0.337 e. The van der Waals surface area contributed by atoms with Crippen molar-refractivity contribution in [1.29, 1.82) is 0 Å². The van der Waals surface area contributed by atoms with Gasteiger partial charge >= 0.3 is 5.97 Å². The molecular formula is C18H13ClIN3O3. The average Bonchev–Trinajstić information content (AvgIpc) is 2.89. The predicted molar refractivity (Wildman–Crippen MR) is 110 cm³/mol. The molecule has 0 bridgehead atoms. The van der Waals surface area contributed by atoms with Gasteiger partial charge in [-0.3, -0.25) is 14.9 Å². The largest absolute Gasteiger partial charge is 0.478 e. The van der Waals surface area contributed by atoms with Gasteiger partial charge < -0.3 is 5.11 Å². The molecule has 0 radical (unpaired) electrons. The van der Waals surface area contributed by atoms with Gasteiger partial charge in [-0.2, -0.15) is 0 Å². The fourth-order valence-corrected chi connectivity index (χ4v) is 2.94. The highest BCUT2D eigenvalue weighted by Gasteiger charge is 2.12. The number of aryl methyl sites for hydroxylation is 1. The molecule has 6 nitrogen and oxygen atoms in total. The first-order valence-electron chi connectivity index (χ1n) is 7.51. The lowest BCUT2D eigenvalue weighted by Crippen LogP contribution is -2.17. The van der Waals surface area contributed by atoms with Crippen molar-refractivity contribution in [1.82, 2.24) is 9.78 Å². The number of aromatic carboxylic acids is 1. The van der Waals surface area contributed by atoms with Crippen LogP contribution in [0.5, 0.6) is 0 Å². The molecule has 0 spiro atoms. The molecule has 2 aromatic carbocycles. The number of nitrogens with one attached hydrogen (secondary N) is 1. The summed E-state index contributed by atoms with van der Waals surface area (Å²) >= 11 is 8.05. The van der Waals surface area contributed by atoms with Crippen molar-refractivity contribution < 1.29 is 9.90 Å². The molecule has 0 saturated heterocycles. The van der Waals surface area contributed by atoms with Gasteiger partial charge in [0.1, 0.15) is 0 Å². The van der Waals surface area contributed by atoms with Crippen molar-refractivity contribution in [2.75, 3.05) is 0 Å². The summed E-state index contributed by atoms with van der Waals surface area (Å²) in [6.45, 7) is 1.77. The SMILES string of the molecule is Cc1[nH]n(-c2ccc(I)cc2)c(=O)c1C=Nc1ccc(Cl)c(C(=O)O)c1. The Morgan fingerprint density at radius 1 is 1.27 bits per heavy atom. The third-order valence-corrected chi connectivity index (χ3v) is 4.77. The minimum atomic E-state index is -1.13. The molecule has 0 unspecified atom stereocenters. The highest BCUT2D eigenvalue weighted by atomic mass is 127. The molecule has 0 aliphatic heterocycles. The van der Waals surface area contributed by atoms with E-state index in [9.17, 15) is 9.59 Å². The molecule has 0 fully saturated rings. The molecular weight excluding hydrogens is 469 g/mol. The van der Waals surface area contributed by atoms with Gasteiger partial charge in [-0.1, -0.05) is 11.6 Å². The lowest BCUT2D eigenvalue weighted by Gasteiger charge is -2.00. The van der Waals surface area contributed by atoms with E-state index in [-0.39, 0.29) is 16.1 Å². The maximum atomic E-state index is 12.6. The quantitative estimate of drug-likeness (QED) is 0.433. The standard InChI is InChI=1S/C18H13ClIN3O3/c1-10-15(9-21-12-4-7-16(19)14(8-12)18(25)26)17(24)23(22-10)13-5-2-11(20)3-6-13/h2-9,22H,1H3,(H,25,26). The van der Waals surface area contributed by atoms with Gasteiger partial charge in [-0.05, 0) is 72.0 Å². The van der Waals surface area contributed by atoms with Crippen LogP contribution in [-0.4, -0.2) is 27.1 Å². The van der Waals surface area contributed by atoms with Crippen molar-refractivity contribution in [3.05, 3.63) is 78.2 Å². The van der Waals surface area contributed by atoms with E-state index in [1.807, 2.05) is 24.3 Å². The van der Waals surface area contributed by atoms with E-state index in [0.717, 1.165) is 9.26 Å². The van der Waals surface area contributed by atoms with Crippen LogP contribution in [0.15, 0.2) is 52.3 Å².